The number of methoxy groups -OCH3 is 1. The van der Waals surface area contributed by atoms with Crippen LogP contribution in [0.25, 0.3) is 0 Å². The van der Waals surface area contributed by atoms with E-state index in [1.54, 1.807) is 12.1 Å². The van der Waals surface area contributed by atoms with E-state index in [4.69, 9.17) is 21.1 Å². The molecule has 0 heterocycles. The third-order valence-electron chi connectivity index (χ3n) is 3.55. The Morgan fingerprint density at radius 3 is 2.54 bits per heavy atom. The molecule has 2 rings (SSSR count). The van der Waals surface area contributed by atoms with Gasteiger partial charge in [0.25, 0.3) is 5.91 Å². The number of amides is 1. The van der Waals surface area contributed by atoms with Crippen molar-refractivity contribution in [3.8, 4) is 5.75 Å². The van der Waals surface area contributed by atoms with Gasteiger partial charge in [-0.15, -0.1) is 11.8 Å². The van der Waals surface area contributed by atoms with Crippen molar-refractivity contribution in [2.45, 2.75) is 11.1 Å². The van der Waals surface area contributed by atoms with Gasteiger partial charge in [0, 0.05) is 4.90 Å². The Hall–Kier alpha value is -2.39. The lowest BCUT2D eigenvalue weighted by molar-refractivity contribution is -0.137. The van der Waals surface area contributed by atoms with Gasteiger partial charge in [0.1, 0.15) is 11.3 Å². The van der Waals surface area contributed by atoms with Crippen LogP contribution in [0.2, 0.25) is 5.02 Å². The summed E-state index contributed by atoms with van der Waals surface area (Å²) in [5.74, 6) is -1.57. The molecule has 28 heavy (non-hydrogen) atoms. The number of benzene rings is 2. The van der Waals surface area contributed by atoms with Gasteiger partial charge in [0.05, 0.1) is 23.4 Å². The molecular weight excluding hydrogens is 419 g/mol. The second-order valence-electron chi connectivity index (χ2n) is 5.35. The number of carbonyl (C=O) groups excluding carboxylic acids is 2. The van der Waals surface area contributed by atoms with Crippen molar-refractivity contribution in [2.75, 3.05) is 25.3 Å². The average Bonchev–Trinajstić information content (AvgIpc) is 2.66. The summed E-state index contributed by atoms with van der Waals surface area (Å²) in [6, 6.07) is 7.87. The number of hydrogen-bond acceptors (Lipinski definition) is 5. The van der Waals surface area contributed by atoms with E-state index >= 15 is 0 Å². The van der Waals surface area contributed by atoms with E-state index in [-0.39, 0.29) is 16.3 Å². The summed E-state index contributed by atoms with van der Waals surface area (Å²) in [7, 11) is 1.37. The summed E-state index contributed by atoms with van der Waals surface area (Å²) >= 11 is 7.21. The Morgan fingerprint density at radius 1 is 1.21 bits per heavy atom. The maximum Gasteiger partial charge on any atom is 0.418 e. The first-order chi connectivity index (χ1) is 13.2. The van der Waals surface area contributed by atoms with Gasteiger partial charge in [-0.3, -0.25) is 4.79 Å². The van der Waals surface area contributed by atoms with Gasteiger partial charge in [-0.25, -0.2) is 4.79 Å². The van der Waals surface area contributed by atoms with Gasteiger partial charge >= 0.3 is 12.1 Å². The lowest BCUT2D eigenvalue weighted by Crippen LogP contribution is -2.23. The monoisotopic (exact) mass is 433 g/mol. The van der Waals surface area contributed by atoms with Crippen LogP contribution in [0, 0.1) is 0 Å². The Labute approximate surface area is 168 Å². The molecule has 0 aromatic heterocycles. The molecule has 0 fully saturated rings. The molecule has 0 saturated heterocycles. The number of halogens is 4. The smallest absolute Gasteiger partial charge is 0.418 e. The first kappa shape index (κ1) is 21.9. The quantitative estimate of drug-likeness (QED) is 0.519. The van der Waals surface area contributed by atoms with Crippen molar-refractivity contribution in [1.82, 2.24) is 0 Å². The van der Waals surface area contributed by atoms with Gasteiger partial charge in [-0.1, -0.05) is 17.7 Å². The van der Waals surface area contributed by atoms with Crippen molar-refractivity contribution in [3.63, 3.8) is 0 Å². The summed E-state index contributed by atoms with van der Waals surface area (Å²) in [6.45, 7) is -0.797. The zero-order valence-corrected chi connectivity index (χ0v) is 16.3. The third-order valence-corrected chi connectivity index (χ3v) is 4.59. The van der Waals surface area contributed by atoms with E-state index in [0.717, 1.165) is 17.0 Å². The zero-order chi connectivity index (χ0) is 20.9. The third kappa shape index (κ3) is 5.32. The molecule has 0 aliphatic heterocycles. The van der Waals surface area contributed by atoms with Crippen LogP contribution in [0.5, 0.6) is 5.75 Å². The van der Waals surface area contributed by atoms with Crippen LogP contribution in [-0.2, 0) is 15.7 Å². The van der Waals surface area contributed by atoms with Crippen LogP contribution < -0.4 is 10.1 Å². The first-order valence-electron chi connectivity index (χ1n) is 7.72. The molecule has 0 unspecified atom stereocenters. The van der Waals surface area contributed by atoms with E-state index in [1.807, 2.05) is 11.6 Å². The molecular formula is C18H15ClF3NO4S. The molecule has 150 valence electrons. The number of esters is 1. The maximum atomic E-state index is 13.0. The first-order valence-corrected chi connectivity index (χ1v) is 9.32. The SMILES string of the molecule is COc1cc(SC)ccc1C(=O)OCC(=O)Nc1c(Cl)cccc1C(F)(F)F. The maximum absolute atomic E-state index is 13.0. The van der Waals surface area contributed by atoms with Crippen molar-refractivity contribution in [2.24, 2.45) is 0 Å². The predicted molar refractivity (Wildman–Crippen MR) is 100 cm³/mol. The number of anilines is 1. The number of alkyl halides is 3. The van der Waals surface area contributed by atoms with Crippen molar-refractivity contribution < 1.29 is 32.2 Å². The van der Waals surface area contributed by atoms with Crippen LogP contribution in [-0.4, -0.2) is 31.8 Å². The second kappa shape index (κ2) is 9.20. The number of ether oxygens (including phenoxy) is 2. The fourth-order valence-corrected chi connectivity index (χ4v) is 2.89. The Balaban J connectivity index is 2.09. The molecule has 5 nitrogen and oxygen atoms in total. The number of hydrogen-bond donors (Lipinski definition) is 1. The summed E-state index contributed by atoms with van der Waals surface area (Å²) in [4.78, 5) is 25.0. The molecule has 0 radical (unpaired) electrons. The Kier molecular flexibility index (Phi) is 7.20. The highest BCUT2D eigenvalue weighted by Crippen LogP contribution is 2.38. The summed E-state index contributed by atoms with van der Waals surface area (Å²) in [5, 5.41) is 1.75. The van der Waals surface area contributed by atoms with Gasteiger partial charge in [0.15, 0.2) is 6.61 Å². The van der Waals surface area contributed by atoms with Crippen LogP contribution in [0.15, 0.2) is 41.3 Å². The molecule has 0 atom stereocenters. The summed E-state index contributed by atoms with van der Waals surface area (Å²) in [6.07, 6.45) is -2.86. The number of para-hydroxylation sites is 1. The van der Waals surface area contributed by atoms with Gasteiger partial charge in [-0.2, -0.15) is 13.2 Å². The topological polar surface area (TPSA) is 64.6 Å². The van der Waals surface area contributed by atoms with E-state index in [1.165, 1.54) is 31.0 Å². The lowest BCUT2D eigenvalue weighted by Gasteiger charge is -2.15. The minimum atomic E-state index is -4.71. The standard InChI is InChI=1S/C18H15ClF3NO4S/c1-26-14-8-10(28-2)6-7-11(14)17(25)27-9-15(24)23-16-12(18(20,21)22)4-3-5-13(16)19/h3-8H,9H2,1-2H3,(H,23,24). The van der Waals surface area contributed by atoms with Crippen LogP contribution in [0.3, 0.4) is 0 Å². The Bertz CT molecular complexity index is 890. The van der Waals surface area contributed by atoms with Gasteiger partial charge < -0.3 is 14.8 Å². The molecule has 2 aromatic rings. The number of nitrogens with one attached hydrogen (secondary N) is 1. The highest BCUT2D eigenvalue weighted by atomic mass is 35.5. The molecule has 1 N–H and O–H groups in total. The normalized spacial score (nSPS) is 11.1. The van der Waals surface area contributed by atoms with E-state index in [2.05, 4.69) is 0 Å². The van der Waals surface area contributed by atoms with E-state index in [9.17, 15) is 22.8 Å². The molecule has 0 spiro atoms. The molecule has 1 amide bonds. The van der Waals surface area contributed by atoms with Crippen LogP contribution in [0.1, 0.15) is 15.9 Å². The van der Waals surface area contributed by atoms with Crippen LogP contribution >= 0.6 is 23.4 Å². The lowest BCUT2D eigenvalue weighted by atomic mass is 10.1. The van der Waals surface area contributed by atoms with E-state index < -0.39 is 35.9 Å². The van der Waals surface area contributed by atoms with Crippen molar-refractivity contribution in [1.29, 1.82) is 0 Å². The largest absolute Gasteiger partial charge is 0.496 e. The molecule has 0 saturated carbocycles. The molecule has 0 bridgehead atoms. The van der Waals surface area contributed by atoms with Gasteiger partial charge in [-0.05, 0) is 36.6 Å². The fraction of sp³-hybridized carbons (Fsp3) is 0.222. The van der Waals surface area contributed by atoms with Crippen molar-refractivity contribution >= 4 is 40.9 Å². The average molecular weight is 434 g/mol. The van der Waals surface area contributed by atoms with Crippen molar-refractivity contribution in [3.05, 3.63) is 52.5 Å². The fourth-order valence-electron chi connectivity index (χ4n) is 2.24. The van der Waals surface area contributed by atoms with Crippen LogP contribution in [0.4, 0.5) is 18.9 Å². The molecule has 0 aliphatic rings. The zero-order valence-electron chi connectivity index (χ0n) is 14.7. The summed E-state index contributed by atoms with van der Waals surface area (Å²) < 4.78 is 49.2. The number of thioether (sulfide) groups is 1. The van der Waals surface area contributed by atoms with E-state index in [0.29, 0.717) is 0 Å². The highest BCUT2D eigenvalue weighted by Gasteiger charge is 2.34. The Morgan fingerprint density at radius 2 is 1.93 bits per heavy atom. The molecule has 10 heteroatoms. The second-order valence-corrected chi connectivity index (χ2v) is 6.64. The van der Waals surface area contributed by atoms with Gasteiger partial charge in [0.2, 0.25) is 0 Å². The molecule has 2 aromatic carbocycles. The summed E-state index contributed by atoms with van der Waals surface area (Å²) in [5.41, 5.74) is -1.62. The minimum Gasteiger partial charge on any atom is -0.496 e. The molecule has 0 aliphatic carbocycles. The number of carbonyl (C=O) groups is 2. The minimum absolute atomic E-state index is 0.0850. The number of rotatable bonds is 6. The predicted octanol–water partition coefficient (Wildman–Crippen LogP) is 4.88. The highest BCUT2D eigenvalue weighted by molar-refractivity contribution is 7.98.